The second-order valence-corrected chi connectivity index (χ2v) is 11.8. The summed E-state index contributed by atoms with van der Waals surface area (Å²) in [5.74, 6) is 1.01. The molecular weight excluding hydrogens is 594 g/mol. The number of hydrogen-bond donors (Lipinski definition) is 2. The molecule has 2 amide bonds. The van der Waals surface area contributed by atoms with Crippen LogP contribution in [0.3, 0.4) is 0 Å². The zero-order valence-corrected chi connectivity index (χ0v) is 27.4. The molecule has 0 bridgehead atoms. The summed E-state index contributed by atoms with van der Waals surface area (Å²) in [6, 6.07) is 5.30. The normalized spacial score (nSPS) is 21.0. The Balaban J connectivity index is 0.00000148. The van der Waals surface area contributed by atoms with Crippen molar-refractivity contribution in [3.63, 3.8) is 0 Å². The lowest BCUT2D eigenvalue weighted by Crippen LogP contribution is -2.52. The van der Waals surface area contributed by atoms with Gasteiger partial charge in [0, 0.05) is 72.6 Å². The molecule has 0 aliphatic carbocycles. The predicted octanol–water partition coefficient (Wildman–Crippen LogP) is 4.87. The van der Waals surface area contributed by atoms with Crippen LogP contribution >= 0.6 is 11.6 Å². The van der Waals surface area contributed by atoms with E-state index in [0.717, 1.165) is 25.7 Å². The highest BCUT2D eigenvalue weighted by atomic mass is 35.5. The number of amides is 2. The lowest BCUT2D eigenvalue weighted by atomic mass is 9.95. The van der Waals surface area contributed by atoms with Gasteiger partial charge >= 0.3 is 0 Å². The number of hydrogen-bond acceptors (Lipinski definition) is 9. The number of amidine groups is 1. The Morgan fingerprint density at radius 2 is 2.00 bits per heavy atom. The molecule has 2 saturated heterocycles. The predicted molar refractivity (Wildman–Crippen MR) is 176 cm³/mol. The highest BCUT2D eigenvalue weighted by molar-refractivity contribution is 6.38. The summed E-state index contributed by atoms with van der Waals surface area (Å²) in [7, 11) is 0. The topological polar surface area (TPSA) is 139 Å². The number of aromatic nitrogens is 2. The molecule has 3 N–H and O–H groups in total. The number of halogens is 1. The van der Waals surface area contributed by atoms with Crippen LogP contribution in [0.25, 0.3) is 17.0 Å². The molecule has 3 aliphatic heterocycles. The summed E-state index contributed by atoms with van der Waals surface area (Å²) in [5, 5.41) is 7.63. The second-order valence-electron chi connectivity index (χ2n) is 11.4. The molecule has 1 atom stereocenters. The minimum absolute atomic E-state index is 0.0850. The SMILES string of the molecule is C=C(/N=C1\C(=C/C)C=C(c2ccc(-c3noc(C)n3)cc2Cl)C(=O)N1CC(=O)N1CCCC(N)C1)NC1CCOCC1.CCC. The van der Waals surface area contributed by atoms with E-state index >= 15 is 0 Å². The van der Waals surface area contributed by atoms with E-state index < -0.39 is 5.91 Å². The van der Waals surface area contributed by atoms with E-state index in [1.54, 1.807) is 36.1 Å². The summed E-state index contributed by atoms with van der Waals surface area (Å²) in [6.45, 7) is 14.1. The number of nitrogens with one attached hydrogen (secondary N) is 1. The first kappa shape index (κ1) is 34.1. The Kier molecular flexibility index (Phi) is 12.1. The molecule has 3 aliphatic rings. The quantitative estimate of drug-likeness (QED) is 0.438. The molecule has 12 heteroatoms. The number of nitrogens with two attached hydrogens (primary N) is 1. The third-order valence-corrected chi connectivity index (χ3v) is 7.89. The molecule has 45 heavy (non-hydrogen) atoms. The molecular formula is C33H44ClN7O4. The Hall–Kier alpha value is -3.80. The number of carbonyl (C=O) groups excluding carboxylic acids is 2. The molecule has 242 valence electrons. The van der Waals surface area contributed by atoms with Gasteiger partial charge in [0.1, 0.15) is 18.2 Å². The van der Waals surface area contributed by atoms with Gasteiger partial charge in [-0.25, -0.2) is 4.99 Å². The third kappa shape index (κ3) is 8.68. The molecule has 2 aromatic rings. The van der Waals surface area contributed by atoms with E-state index in [0.29, 0.717) is 77.0 Å². The van der Waals surface area contributed by atoms with Crippen LogP contribution in [0.1, 0.15) is 64.3 Å². The van der Waals surface area contributed by atoms with Gasteiger partial charge in [-0.1, -0.05) is 61.8 Å². The minimum Gasteiger partial charge on any atom is -0.381 e. The maximum atomic E-state index is 14.2. The van der Waals surface area contributed by atoms with Gasteiger partial charge in [0.15, 0.2) is 0 Å². The van der Waals surface area contributed by atoms with Crippen LogP contribution in [0.2, 0.25) is 5.02 Å². The Bertz CT molecular complexity index is 1470. The fourth-order valence-electron chi connectivity index (χ4n) is 5.35. The van der Waals surface area contributed by atoms with Crippen LogP contribution < -0.4 is 11.1 Å². The number of carbonyl (C=O) groups is 2. The van der Waals surface area contributed by atoms with Gasteiger partial charge < -0.3 is 25.2 Å². The first-order valence-corrected chi connectivity index (χ1v) is 16.0. The maximum Gasteiger partial charge on any atom is 0.260 e. The molecule has 0 radical (unpaired) electrons. The van der Waals surface area contributed by atoms with Crippen LogP contribution in [-0.4, -0.2) is 82.5 Å². The van der Waals surface area contributed by atoms with Crippen molar-refractivity contribution in [2.75, 3.05) is 32.8 Å². The highest BCUT2D eigenvalue weighted by Gasteiger charge is 2.35. The number of rotatable bonds is 7. The number of likely N-dealkylation sites (tertiary alicyclic amines) is 1. The molecule has 1 aromatic carbocycles. The number of benzene rings is 1. The first-order chi connectivity index (χ1) is 21.6. The second kappa shape index (κ2) is 16.0. The molecule has 1 aromatic heterocycles. The molecule has 0 saturated carbocycles. The maximum absolute atomic E-state index is 14.2. The van der Waals surface area contributed by atoms with E-state index in [1.165, 1.54) is 11.3 Å². The zero-order valence-electron chi connectivity index (χ0n) is 26.6. The van der Waals surface area contributed by atoms with Crippen molar-refractivity contribution in [3.05, 3.63) is 64.8 Å². The molecule has 4 heterocycles. The van der Waals surface area contributed by atoms with Gasteiger partial charge in [-0.05, 0) is 44.7 Å². The number of nitrogens with zero attached hydrogens (tertiary/aromatic N) is 5. The molecule has 1 unspecified atom stereocenters. The van der Waals surface area contributed by atoms with Crippen LogP contribution in [-0.2, 0) is 14.3 Å². The minimum atomic E-state index is -0.391. The number of aliphatic imine (C=N–C) groups is 1. The smallest absolute Gasteiger partial charge is 0.260 e. The molecule has 0 spiro atoms. The fraction of sp³-hybridized carbons (Fsp3) is 0.485. The number of allylic oxidation sites excluding steroid dienone is 1. The summed E-state index contributed by atoms with van der Waals surface area (Å²) in [5.41, 5.74) is 8.32. The van der Waals surface area contributed by atoms with E-state index in [1.807, 2.05) is 13.0 Å². The van der Waals surface area contributed by atoms with Gasteiger partial charge in [0.25, 0.3) is 5.91 Å². The van der Waals surface area contributed by atoms with Crippen molar-refractivity contribution in [3.8, 4) is 11.4 Å². The van der Waals surface area contributed by atoms with Crippen LogP contribution in [0.15, 0.2) is 57.8 Å². The Labute approximate surface area is 270 Å². The van der Waals surface area contributed by atoms with Crippen molar-refractivity contribution in [2.45, 2.75) is 71.9 Å². The molecule has 2 fully saturated rings. The van der Waals surface area contributed by atoms with Crippen molar-refractivity contribution in [1.29, 1.82) is 0 Å². The summed E-state index contributed by atoms with van der Waals surface area (Å²) >= 11 is 6.73. The van der Waals surface area contributed by atoms with Gasteiger partial charge in [0.05, 0.1) is 0 Å². The van der Waals surface area contributed by atoms with Crippen molar-refractivity contribution >= 4 is 34.8 Å². The zero-order chi connectivity index (χ0) is 32.5. The average molecular weight is 638 g/mol. The highest BCUT2D eigenvalue weighted by Crippen LogP contribution is 2.34. The largest absolute Gasteiger partial charge is 0.381 e. The Morgan fingerprint density at radius 1 is 1.27 bits per heavy atom. The van der Waals surface area contributed by atoms with Crippen LogP contribution in [0.5, 0.6) is 0 Å². The van der Waals surface area contributed by atoms with Crippen molar-refractivity contribution < 1.29 is 18.8 Å². The average Bonchev–Trinajstić information content (AvgIpc) is 3.46. The van der Waals surface area contributed by atoms with E-state index in [9.17, 15) is 9.59 Å². The van der Waals surface area contributed by atoms with E-state index in [4.69, 9.17) is 31.6 Å². The lowest BCUT2D eigenvalue weighted by molar-refractivity contribution is -0.136. The van der Waals surface area contributed by atoms with Gasteiger partial charge in [-0.2, -0.15) is 4.98 Å². The number of ether oxygens (including phenoxy) is 1. The van der Waals surface area contributed by atoms with Crippen molar-refractivity contribution in [1.82, 2.24) is 25.3 Å². The van der Waals surface area contributed by atoms with Gasteiger partial charge in [0.2, 0.25) is 17.6 Å². The van der Waals surface area contributed by atoms with E-state index in [2.05, 4.69) is 35.9 Å². The number of aryl methyl sites for hydroxylation is 1. The standard InChI is InChI=1S/C30H36ClN7O4.C3H8/c1-4-20-14-25(24-8-7-21(15-26(24)31)28-35-19(3)42-36-28)30(40)38(17-27(39)37-11-5-6-22(32)16-37)29(20)34-18(2)33-23-9-12-41-13-10-23;1-3-2/h4,7-8,14-15,22-23,33H,2,5-6,9-13,16-17,32H2,1,3H3;3H2,1-2H3/b20-4-,34-29+;. The third-order valence-electron chi connectivity index (χ3n) is 7.58. The number of piperidine rings is 1. The summed E-state index contributed by atoms with van der Waals surface area (Å²) in [6.07, 6.45) is 8.20. The molecule has 5 rings (SSSR count). The van der Waals surface area contributed by atoms with Gasteiger partial charge in [-0.15, -0.1) is 0 Å². The molecule has 11 nitrogen and oxygen atoms in total. The van der Waals surface area contributed by atoms with Crippen LogP contribution in [0, 0.1) is 6.92 Å². The first-order valence-electron chi connectivity index (χ1n) is 15.6. The van der Waals surface area contributed by atoms with Crippen molar-refractivity contribution in [2.24, 2.45) is 10.7 Å². The summed E-state index contributed by atoms with van der Waals surface area (Å²) < 4.78 is 10.5. The monoisotopic (exact) mass is 637 g/mol. The van der Waals surface area contributed by atoms with Gasteiger partial charge in [-0.3, -0.25) is 14.5 Å². The lowest BCUT2D eigenvalue weighted by Gasteiger charge is -2.35. The van der Waals surface area contributed by atoms with Crippen LogP contribution in [0.4, 0.5) is 0 Å². The fourth-order valence-corrected chi connectivity index (χ4v) is 5.64. The Morgan fingerprint density at radius 3 is 2.62 bits per heavy atom. The van der Waals surface area contributed by atoms with E-state index in [-0.39, 0.29) is 24.5 Å². The summed E-state index contributed by atoms with van der Waals surface area (Å²) in [4.78, 5) is 39.8.